The van der Waals surface area contributed by atoms with Crippen molar-refractivity contribution >= 4 is 51.0 Å². The van der Waals surface area contributed by atoms with Crippen LogP contribution in [0.5, 0.6) is 0 Å². The van der Waals surface area contributed by atoms with E-state index in [0.29, 0.717) is 43.1 Å². The minimum atomic E-state index is -3.82. The normalized spacial score (nSPS) is 12.3. The number of carbonyl (C=O) groups is 2. The van der Waals surface area contributed by atoms with Gasteiger partial charge in [0.15, 0.2) is 0 Å². The number of nitrogens with one attached hydrogen (secondary N) is 4. The summed E-state index contributed by atoms with van der Waals surface area (Å²) in [7, 11) is -3.82. The highest BCUT2D eigenvalue weighted by Gasteiger charge is 2.23. The number of benzene rings is 2. The molecule has 0 radical (unpaired) electrons. The molecule has 0 bridgehead atoms. The minimum Gasteiger partial charge on any atom is -0.336 e. The summed E-state index contributed by atoms with van der Waals surface area (Å²) in [6, 6.07) is 14.6. The average molecular weight is 666 g/mol. The highest BCUT2D eigenvalue weighted by molar-refractivity contribution is 7.89. The Morgan fingerprint density at radius 2 is 1.61 bits per heavy atom. The quantitative estimate of drug-likeness (QED) is 0.138. The Kier molecular flexibility index (Phi) is 13.4. The van der Waals surface area contributed by atoms with Gasteiger partial charge in [0.1, 0.15) is 4.90 Å². The monoisotopic (exact) mass is 664 g/mol. The van der Waals surface area contributed by atoms with Crippen molar-refractivity contribution in [1.82, 2.24) is 24.8 Å². The molecule has 0 aliphatic carbocycles. The summed E-state index contributed by atoms with van der Waals surface area (Å²) < 4.78 is 29.9. The SMILES string of the molecule is CC(C)C[C@@H](CN(CCCCNS(=O)(=O)c1ccc(Cl)cc1Cl)C(=O)NC(C)C)NC(=O)Nc1ccc(-n2cccc2)cc1. The van der Waals surface area contributed by atoms with Crippen LogP contribution in [0.1, 0.15) is 47.0 Å². The lowest BCUT2D eigenvalue weighted by Crippen LogP contribution is -2.51. The van der Waals surface area contributed by atoms with Gasteiger partial charge in [-0.05, 0) is 93.6 Å². The number of anilines is 1. The number of halogens is 2. The summed E-state index contributed by atoms with van der Waals surface area (Å²) >= 11 is 12.0. The lowest BCUT2D eigenvalue weighted by atomic mass is 10.0. The van der Waals surface area contributed by atoms with Crippen molar-refractivity contribution in [2.45, 2.75) is 63.9 Å². The van der Waals surface area contributed by atoms with Gasteiger partial charge in [0, 0.05) is 60.5 Å². The highest BCUT2D eigenvalue weighted by Crippen LogP contribution is 2.24. The van der Waals surface area contributed by atoms with Gasteiger partial charge in [-0.1, -0.05) is 37.0 Å². The van der Waals surface area contributed by atoms with Crippen LogP contribution in [-0.2, 0) is 10.0 Å². The molecular formula is C31H42Cl2N6O4S. The minimum absolute atomic E-state index is 0.0424. The fraction of sp³-hybridized carbons (Fsp3) is 0.419. The van der Waals surface area contributed by atoms with Crippen LogP contribution in [0.15, 0.2) is 71.9 Å². The first-order valence-electron chi connectivity index (χ1n) is 14.6. The summed E-state index contributed by atoms with van der Waals surface area (Å²) in [6.45, 7) is 8.72. The predicted molar refractivity (Wildman–Crippen MR) is 177 cm³/mol. The molecule has 0 unspecified atom stereocenters. The molecule has 0 aliphatic rings. The number of sulfonamides is 1. The number of unbranched alkanes of at least 4 members (excludes halogenated alkanes) is 1. The van der Waals surface area contributed by atoms with E-state index in [2.05, 4.69) is 34.5 Å². The molecule has 1 atom stereocenters. The standard InChI is InChI=1S/C31H42Cl2N6O4S/c1-22(2)19-26(37-30(40)36-25-10-12-27(13-11-25)38-16-7-8-17-38)21-39(31(41)35-23(3)4)18-6-5-15-34-44(42,43)29-14-9-24(32)20-28(29)33/h7-14,16-17,20,22-23,26,34H,5-6,15,18-19,21H2,1-4H3,(H,35,41)(H2,36,37,40)/t26-/m0/s1. The van der Waals surface area contributed by atoms with E-state index in [1.54, 1.807) is 4.90 Å². The number of urea groups is 2. The van der Waals surface area contributed by atoms with Gasteiger partial charge in [0.05, 0.1) is 5.02 Å². The number of hydrogen-bond donors (Lipinski definition) is 4. The molecule has 0 saturated heterocycles. The zero-order valence-corrected chi connectivity index (χ0v) is 27.8. The van der Waals surface area contributed by atoms with Crippen LogP contribution in [0.3, 0.4) is 0 Å². The Labute approximate surface area is 270 Å². The van der Waals surface area contributed by atoms with E-state index in [1.165, 1.54) is 18.2 Å². The van der Waals surface area contributed by atoms with Crippen molar-refractivity contribution in [3.63, 3.8) is 0 Å². The Morgan fingerprint density at radius 3 is 2.23 bits per heavy atom. The molecule has 1 aromatic heterocycles. The van der Waals surface area contributed by atoms with E-state index in [0.717, 1.165) is 5.69 Å². The van der Waals surface area contributed by atoms with Crippen molar-refractivity contribution in [1.29, 1.82) is 0 Å². The predicted octanol–water partition coefficient (Wildman–Crippen LogP) is 6.50. The highest BCUT2D eigenvalue weighted by atomic mass is 35.5. The maximum Gasteiger partial charge on any atom is 0.319 e. The first-order valence-corrected chi connectivity index (χ1v) is 16.9. The van der Waals surface area contributed by atoms with Crippen LogP contribution in [0.25, 0.3) is 5.69 Å². The molecular weight excluding hydrogens is 623 g/mol. The fourth-order valence-electron chi connectivity index (χ4n) is 4.61. The van der Waals surface area contributed by atoms with Crippen LogP contribution < -0.4 is 20.7 Å². The second-order valence-electron chi connectivity index (χ2n) is 11.3. The maximum atomic E-state index is 13.1. The number of aromatic nitrogens is 1. The molecule has 240 valence electrons. The summed E-state index contributed by atoms with van der Waals surface area (Å²) in [5, 5.41) is 9.24. The lowest BCUT2D eigenvalue weighted by molar-refractivity contribution is 0.183. The zero-order chi connectivity index (χ0) is 32.3. The van der Waals surface area contributed by atoms with Crippen LogP contribution in [0.4, 0.5) is 15.3 Å². The number of nitrogens with zero attached hydrogens (tertiary/aromatic N) is 2. The van der Waals surface area contributed by atoms with E-state index in [9.17, 15) is 18.0 Å². The van der Waals surface area contributed by atoms with Gasteiger partial charge in [0.25, 0.3) is 0 Å². The van der Waals surface area contributed by atoms with E-state index in [1.807, 2.05) is 67.2 Å². The van der Waals surface area contributed by atoms with Gasteiger partial charge in [-0.25, -0.2) is 22.7 Å². The third kappa shape index (κ3) is 11.4. The molecule has 3 aromatic rings. The second kappa shape index (κ2) is 16.7. The van der Waals surface area contributed by atoms with E-state index >= 15 is 0 Å². The summed E-state index contributed by atoms with van der Waals surface area (Å²) in [4.78, 5) is 27.7. The third-order valence-corrected chi connectivity index (χ3v) is 8.77. The number of carbonyl (C=O) groups excluding carboxylic acids is 2. The molecule has 3 rings (SSSR count). The molecule has 2 aromatic carbocycles. The first-order chi connectivity index (χ1) is 20.8. The Morgan fingerprint density at radius 1 is 0.932 bits per heavy atom. The Bertz CT molecular complexity index is 1460. The van der Waals surface area contributed by atoms with Gasteiger partial charge in [0.2, 0.25) is 10.0 Å². The summed E-state index contributed by atoms with van der Waals surface area (Å²) in [6.07, 6.45) is 5.58. The molecule has 13 heteroatoms. The lowest BCUT2D eigenvalue weighted by Gasteiger charge is -2.30. The van der Waals surface area contributed by atoms with Crippen molar-refractivity contribution in [2.24, 2.45) is 5.92 Å². The molecule has 1 heterocycles. The van der Waals surface area contributed by atoms with E-state index in [4.69, 9.17) is 23.2 Å². The topological polar surface area (TPSA) is 125 Å². The smallest absolute Gasteiger partial charge is 0.319 e. The first kappa shape index (κ1) is 35.2. The van der Waals surface area contributed by atoms with Crippen molar-refractivity contribution in [2.75, 3.05) is 25.0 Å². The van der Waals surface area contributed by atoms with Gasteiger partial charge >= 0.3 is 12.1 Å². The second-order valence-corrected chi connectivity index (χ2v) is 13.9. The van der Waals surface area contributed by atoms with Crippen molar-refractivity contribution in [3.05, 3.63) is 77.0 Å². The largest absolute Gasteiger partial charge is 0.336 e. The van der Waals surface area contributed by atoms with Crippen molar-refractivity contribution < 1.29 is 18.0 Å². The summed E-state index contributed by atoms with van der Waals surface area (Å²) in [5.41, 5.74) is 1.63. The van der Waals surface area contributed by atoms with E-state index < -0.39 is 10.0 Å². The van der Waals surface area contributed by atoms with Gasteiger partial charge in [-0.2, -0.15) is 0 Å². The van der Waals surface area contributed by atoms with Crippen LogP contribution in [-0.4, -0.2) is 61.7 Å². The maximum absolute atomic E-state index is 13.1. The summed E-state index contributed by atoms with van der Waals surface area (Å²) in [5.74, 6) is 0.269. The number of amides is 4. The van der Waals surface area contributed by atoms with Crippen LogP contribution >= 0.6 is 23.2 Å². The molecule has 4 N–H and O–H groups in total. The molecule has 10 nitrogen and oxygen atoms in total. The third-order valence-electron chi connectivity index (χ3n) is 6.59. The molecule has 0 saturated carbocycles. The van der Waals surface area contributed by atoms with Crippen molar-refractivity contribution in [3.8, 4) is 5.69 Å². The average Bonchev–Trinajstić information content (AvgIpc) is 3.46. The fourth-order valence-corrected chi connectivity index (χ4v) is 6.45. The Hall–Kier alpha value is -3.25. The molecule has 0 aliphatic heterocycles. The molecule has 0 spiro atoms. The number of hydrogen-bond acceptors (Lipinski definition) is 4. The van der Waals surface area contributed by atoms with Gasteiger partial charge in [-0.3, -0.25) is 0 Å². The van der Waals surface area contributed by atoms with E-state index in [-0.39, 0.29) is 46.5 Å². The zero-order valence-electron chi connectivity index (χ0n) is 25.5. The Balaban J connectivity index is 1.58. The van der Waals surface area contributed by atoms with Gasteiger partial charge < -0.3 is 25.4 Å². The van der Waals surface area contributed by atoms with Crippen LogP contribution in [0.2, 0.25) is 10.0 Å². The molecule has 0 fully saturated rings. The molecule has 4 amide bonds. The van der Waals surface area contributed by atoms with Gasteiger partial charge in [-0.15, -0.1) is 0 Å². The van der Waals surface area contributed by atoms with Crippen LogP contribution in [0, 0.1) is 5.92 Å². The number of rotatable bonds is 15. The molecule has 44 heavy (non-hydrogen) atoms.